The van der Waals surface area contributed by atoms with Crippen LogP contribution in [0, 0.1) is 0 Å². The van der Waals surface area contributed by atoms with Crippen molar-refractivity contribution in [3.8, 4) is 16.3 Å². The lowest BCUT2D eigenvalue weighted by molar-refractivity contribution is -0.137. The van der Waals surface area contributed by atoms with Crippen molar-refractivity contribution in [1.82, 2.24) is 4.98 Å². The van der Waals surface area contributed by atoms with Crippen LogP contribution in [-0.4, -0.2) is 34.5 Å². The molecule has 194 valence electrons. The van der Waals surface area contributed by atoms with Gasteiger partial charge >= 0.3 is 5.97 Å². The lowest BCUT2D eigenvalue weighted by Gasteiger charge is -2.46. The van der Waals surface area contributed by atoms with Gasteiger partial charge in [0.25, 0.3) is 0 Å². The van der Waals surface area contributed by atoms with Crippen molar-refractivity contribution in [1.29, 1.82) is 0 Å². The second-order valence-electron chi connectivity index (χ2n) is 10.7. The number of hydrogen-bond donors (Lipinski definition) is 1. The van der Waals surface area contributed by atoms with Crippen LogP contribution in [0.1, 0.15) is 32.3 Å². The number of thiazole rings is 1. The molecule has 39 heavy (non-hydrogen) atoms. The summed E-state index contributed by atoms with van der Waals surface area (Å²) < 4.78 is 8.35. The van der Waals surface area contributed by atoms with E-state index in [2.05, 4.69) is 55.1 Å². The first-order valence-electron chi connectivity index (χ1n) is 13.1. The number of para-hydroxylation sites is 2. The van der Waals surface area contributed by atoms with Gasteiger partial charge in [-0.3, -0.25) is 9.79 Å². The first kappa shape index (κ1) is 23.9. The zero-order valence-electron chi connectivity index (χ0n) is 21.7. The minimum atomic E-state index is -0.934. The average molecular weight is 534 g/mol. The van der Waals surface area contributed by atoms with E-state index in [0.717, 1.165) is 48.5 Å². The molecule has 7 heteroatoms. The molecule has 1 N–H and O–H groups in total. The minimum absolute atomic E-state index is 0.0878. The van der Waals surface area contributed by atoms with Gasteiger partial charge < -0.3 is 14.7 Å². The maximum atomic E-state index is 11.4. The molecule has 0 aliphatic carbocycles. The van der Waals surface area contributed by atoms with E-state index >= 15 is 0 Å². The molecule has 2 aliphatic heterocycles. The third kappa shape index (κ3) is 3.49. The van der Waals surface area contributed by atoms with Gasteiger partial charge in [-0.25, -0.2) is 4.98 Å². The van der Waals surface area contributed by atoms with Crippen LogP contribution in [0.25, 0.3) is 31.6 Å². The van der Waals surface area contributed by atoms with Gasteiger partial charge in [-0.2, -0.15) is 0 Å². The van der Waals surface area contributed by atoms with Crippen LogP contribution < -0.4 is 9.64 Å². The fraction of sp³-hybridized carbons (Fsp3) is 0.219. The molecule has 0 bridgehead atoms. The average Bonchev–Trinajstić information content (AvgIpc) is 3.45. The van der Waals surface area contributed by atoms with Crippen LogP contribution in [0.15, 0.2) is 83.9 Å². The van der Waals surface area contributed by atoms with Gasteiger partial charge in [0, 0.05) is 24.0 Å². The van der Waals surface area contributed by atoms with Gasteiger partial charge in [0.1, 0.15) is 10.7 Å². The Morgan fingerprint density at radius 1 is 1.03 bits per heavy atom. The maximum absolute atomic E-state index is 11.4. The molecule has 1 atom stereocenters. The topological polar surface area (TPSA) is 75.0 Å². The lowest BCUT2D eigenvalue weighted by atomic mass is 9.77. The second-order valence-corrected chi connectivity index (χ2v) is 11.7. The van der Waals surface area contributed by atoms with E-state index in [0.29, 0.717) is 18.7 Å². The Bertz CT molecular complexity index is 1770. The Kier molecular flexibility index (Phi) is 5.29. The number of carboxylic acid groups (broad SMARTS) is 1. The fourth-order valence-corrected chi connectivity index (χ4v) is 7.04. The normalized spacial score (nSPS) is 18.9. The number of ether oxygens (including phenoxy) is 1. The summed E-state index contributed by atoms with van der Waals surface area (Å²) in [5.74, 6) is -0.0941. The van der Waals surface area contributed by atoms with E-state index in [1.807, 2.05) is 48.7 Å². The molecule has 0 radical (unpaired) electrons. The van der Waals surface area contributed by atoms with Gasteiger partial charge in [-0.05, 0) is 55.5 Å². The molecule has 1 aromatic heterocycles. The summed E-state index contributed by atoms with van der Waals surface area (Å²) in [5.41, 5.74) is 3.46. The number of hydrogen-bond acceptors (Lipinski definition) is 6. The van der Waals surface area contributed by atoms with Crippen LogP contribution in [0.4, 0.5) is 11.4 Å². The molecule has 0 amide bonds. The summed E-state index contributed by atoms with van der Waals surface area (Å²) in [6.07, 6.45) is 2.52. The number of rotatable bonds is 5. The molecule has 3 heterocycles. The fourth-order valence-electron chi connectivity index (χ4n) is 6.06. The molecular formula is C32H27N3O3S. The molecule has 0 saturated heterocycles. The number of aliphatic imine (C=N–C) groups is 1. The number of nitrogens with zero attached hydrogens (tertiary/aromatic N) is 3. The van der Waals surface area contributed by atoms with E-state index in [4.69, 9.17) is 14.7 Å². The smallest absolute Gasteiger partial charge is 0.303 e. The van der Waals surface area contributed by atoms with Gasteiger partial charge in [0.2, 0.25) is 5.72 Å². The SMILES string of the molecule is CC1(C)c2ccccc2N(CCCC(=O)O)C12C=Nc1c(c(-c3nc4ccccc4s3)cc3ccccc13)O2. The highest BCUT2D eigenvalue weighted by atomic mass is 32.1. The molecule has 5 aromatic rings. The third-order valence-electron chi connectivity index (χ3n) is 8.06. The van der Waals surface area contributed by atoms with Crippen molar-refractivity contribution >= 4 is 55.9 Å². The number of aromatic nitrogens is 1. The molecule has 7 rings (SSSR count). The molecule has 0 fully saturated rings. The van der Waals surface area contributed by atoms with Crippen LogP contribution >= 0.6 is 11.3 Å². The number of fused-ring (bicyclic) bond motifs is 5. The number of aliphatic carboxylic acids is 1. The number of anilines is 1. The lowest BCUT2D eigenvalue weighted by Crippen LogP contribution is -2.62. The maximum Gasteiger partial charge on any atom is 0.303 e. The summed E-state index contributed by atoms with van der Waals surface area (Å²) in [4.78, 5) is 23.7. The van der Waals surface area contributed by atoms with E-state index < -0.39 is 17.1 Å². The highest BCUT2D eigenvalue weighted by molar-refractivity contribution is 7.21. The quantitative estimate of drug-likeness (QED) is 0.252. The number of carboxylic acids is 1. The van der Waals surface area contributed by atoms with Crippen LogP contribution in [-0.2, 0) is 10.2 Å². The predicted octanol–water partition coefficient (Wildman–Crippen LogP) is 7.57. The summed E-state index contributed by atoms with van der Waals surface area (Å²) in [6.45, 7) is 4.88. The van der Waals surface area contributed by atoms with Crippen molar-refractivity contribution < 1.29 is 14.6 Å². The Morgan fingerprint density at radius 3 is 2.64 bits per heavy atom. The van der Waals surface area contributed by atoms with Gasteiger partial charge in [0.15, 0.2) is 5.75 Å². The van der Waals surface area contributed by atoms with Crippen molar-refractivity contribution in [2.75, 3.05) is 11.4 Å². The molecule has 1 unspecified atom stereocenters. The molecule has 4 aromatic carbocycles. The number of carbonyl (C=O) groups is 1. The van der Waals surface area contributed by atoms with E-state index in [-0.39, 0.29) is 6.42 Å². The Morgan fingerprint density at radius 2 is 1.79 bits per heavy atom. The van der Waals surface area contributed by atoms with Crippen molar-refractivity contribution in [3.05, 3.63) is 84.4 Å². The van der Waals surface area contributed by atoms with Crippen molar-refractivity contribution in [3.63, 3.8) is 0 Å². The van der Waals surface area contributed by atoms with Crippen molar-refractivity contribution in [2.24, 2.45) is 4.99 Å². The minimum Gasteiger partial charge on any atom is -0.481 e. The highest BCUT2D eigenvalue weighted by Gasteiger charge is 2.59. The van der Waals surface area contributed by atoms with E-state index in [9.17, 15) is 9.90 Å². The zero-order chi connectivity index (χ0) is 26.8. The van der Waals surface area contributed by atoms with Crippen LogP contribution in [0.5, 0.6) is 5.75 Å². The summed E-state index contributed by atoms with van der Waals surface area (Å²) >= 11 is 1.65. The van der Waals surface area contributed by atoms with Crippen LogP contribution in [0.2, 0.25) is 0 Å². The first-order valence-corrected chi connectivity index (χ1v) is 14.0. The largest absolute Gasteiger partial charge is 0.481 e. The Balaban J connectivity index is 1.44. The van der Waals surface area contributed by atoms with Gasteiger partial charge in [-0.1, -0.05) is 54.6 Å². The third-order valence-corrected chi connectivity index (χ3v) is 9.13. The van der Waals surface area contributed by atoms with E-state index in [1.165, 1.54) is 0 Å². The second kappa shape index (κ2) is 8.64. The molecule has 0 saturated carbocycles. The highest BCUT2D eigenvalue weighted by Crippen LogP contribution is 2.57. The Labute approximate surface area is 230 Å². The zero-order valence-corrected chi connectivity index (χ0v) is 22.5. The molecule has 2 aliphatic rings. The standard InChI is InChI=1S/C32H27N3O3S/c1-31(2)23-12-5-7-14-25(23)35(17-9-16-27(36)37)32(31)19-33-28-21-11-4-3-10-20(21)18-22(29(28)38-32)30-34-24-13-6-8-15-26(24)39-30/h3-8,10-15,18-19H,9,16-17H2,1-2H3,(H,36,37). The monoisotopic (exact) mass is 533 g/mol. The molecular weight excluding hydrogens is 506 g/mol. The summed E-state index contributed by atoms with van der Waals surface area (Å²) in [5, 5.41) is 12.3. The first-order chi connectivity index (χ1) is 18.9. The number of benzene rings is 4. The summed E-state index contributed by atoms with van der Waals surface area (Å²) in [7, 11) is 0. The van der Waals surface area contributed by atoms with E-state index in [1.54, 1.807) is 11.3 Å². The predicted molar refractivity (Wildman–Crippen MR) is 158 cm³/mol. The van der Waals surface area contributed by atoms with Gasteiger partial charge in [0.05, 0.1) is 27.4 Å². The molecule has 1 spiro atoms. The molecule has 6 nitrogen and oxygen atoms in total. The van der Waals surface area contributed by atoms with Crippen LogP contribution in [0.3, 0.4) is 0 Å². The van der Waals surface area contributed by atoms with Crippen molar-refractivity contribution in [2.45, 2.75) is 37.8 Å². The Hall–Kier alpha value is -4.23. The summed E-state index contributed by atoms with van der Waals surface area (Å²) in [6, 6.07) is 26.8. The van der Waals surface area contributed by atoms with Gasteiger partial charge in [-0.15, -0.1) is 11.3 Å².